The minimum absolute atomic E-state index is 0.0891. The van der Waals surface area contributed by atoms with Crippen LogP contribution in [0.25, 0.3) is 83.1 Å². The lowest BCUT2D eigenvalue weighted by molar-refractivity contribution is 0.660. The molecule has 11 rings (SSSR count). The molecule has 1 heterocycles. The fourth-order valence-corrected chi connectivity index (χ4v) is 9.87. The van der Waals surface area contributed by atoms with E-state index in [0.29, 0.717) is 0 Å². The highest BCUT2D eigenvalue weighted by Gasteiger charge is 2.38. The molecule has 0 saturated carbocycles. The molecule has 0 amide bonds. The molecule has 1 aromatic heterocycles. The largest absolute Gasteiger partial charge is 0.309 e. The van der Waals surface area contributed by atoms with Crippen LogP contribution in [0.3, 0.4) is 0 Å². The first-order valence-corrected chi connectivity index (χ1v) is 19.5. The maximum absolute atomic E-state index is 2.53. The van der Waals surface area contributed by atoms with Crippen LogP contribution in [0, 0.1) is 0 Å². The zero-order valence-electron chi connectivity index (χ0n) is 31.7. The third kappa shape index (κ3) is 4.66. The minimum atomic E-state index is -0.0891. The number of hydrogen-bond donors (Lipinski definition) is 0. The molecule has 0 atom stereocenters. The molecule has 9 aromatic rings. The van der Waals surface area contributed by atoms with E-state index >= 15 is 0 Å². The van der Waals surface area contributed by atoms with Gasteiger partial charge in [0.1, 0.15) is 0 Å². The topological polar surface area (TPSA) is 4.93 Å². The second-order valence-corrected chi connectivity index (χ2v) is 16.6. The Kier molecular flexibility index (Phi) is 6.72. The fraction of sp³-hybridized carbons (Fsp3) is 0.111. The van der Waals surface area contributed by atoms with Crippen molar-refractivity contribution in [3.63, 3.8) is 0 Å². The van der Waals surface area contributed by atoms with Crippen LogP contribution in [0.15, 0.2) is 176 Å². The van der Waals surface area contributed by atoms with Gasteiger partial charge in [0.25, 0.3) is 0 Å². The molecule has 0 saturated heterocycles. The lowest BCUT2D eigenvalue weighted by atomic mass is 9.82. The van der Waals surface area contributed by atoms with Crippen LogP contribution in [-0.4, -0.2) is 4.57 Å². The number of benzene rings is 8. The molecule has 2 aliphatic rings. The van der Waals surface area contributed by atoms with E-state index < -0.39 is 0 Å². The number of nitrogens with zero attached hydrogens (tertiary/aromatic N) is 1. The molecule has 2 aliphatic carbocycles. The van der Waals surface area contributed by atoms with Crippen molar-refractivity contribution in [2.75, 3.05) is 0 Å². The normalized spacial score (nSPS) is 14.5. The first-order valence-electron chi connectivity index (χ1n) is 19.5. The zero-order valence-corrected chi connectivity index (χ0v) is 31.7. The Balaban J connectivity index is 1.13. The third-order valence-electron chi connectivity index (χ3n) is 12.8. The summed E-state index contributed by atoms with van der Waals surface area (Å²) in [4.78, 5) is 0. The van der Waals surface area contributed by atoms with Gasteiger partial charge in [0.15, 0.2) is 0 Å². The zero-order chi connectivity index (χ0) is 37.1. The van der Waals surface area contributed by atoms with Gasteiger partial charge >= 0.3 is 0 Å². The van der Waals surface area contributed by atoms with Gasteiger partial charge in [-0.25, -0.2) is 0 Å². The molecule has 55 heavy (non-hydrogen) atoms. The molecule has 0 N–H and O–H groups in total. The summed E-state index contributed by atoms with van der Waals surface area (Å²) in [5, 5.41) is 2.61. The molecule has 0 aliphatic heterocycles. The van der Waals surface area contributed by atoms with Gasteiger partial charge in [-0.1, -0.05) is 149 Å². The summed E-state index contributed by atoms with van der Waals surface area (Å²) in [5.41, 5.74) is 21.8. The van der Waals surface area contributed by atoms with Gasteiger partial charge in [-0.3, -0.25) is 0 Å². The lowest BCUT2D eigenvalue weighted by Gasteiger charge is -2.22. The molecule has 0 fully saturated rings. The standard InChI is InChI=1S/C54H41N/c1-53(2)47-21-13-11-19-41(47)43-30-45-46-31-44-42-20-12-14-22-48(42)54(3,4)50(44)33-52(46)55(51(45)32-49(43)53)40-25-23-36(24-26-40)39-28-37(34-15-7-5-8-16-34)27-38(29-39)35-17-9-6-10-18-35/h5-33H,1-4H3. The van der Waals surface area contributed by atoms with E-state index in [9.17, 15) is 0 Å². The molecule has 1 nitrogen and oxygen atoms in total. The first-order chi connectivity index (χ1) is 26.8. The van der Waals surface area contributed by atoms with Gasteiger partial charge in [-0.15, -0.1) is 0 Å². The number of aromatic nitrogens is 1. The Labute approximate surface area is 323 Å². The quantitative estimate of drug-likeness (QED) is 0.172. The summed E-state index contributed by atoms with van der Waals surface area (Å²) in [6.07, 6.45) is 0. The summed E-state index contributed by atoms with van der Waals surface area (Å²) in [6.45, 7) is 9.53. The van der Waals surface area contributed by atoms with Gasteiger partial charge < -0.3 is 4.57 Å². The number of fused-ring (bicyclic) bond motifs is 9. The summed E-state index contributed by atoms with van der Waals surface area (Å²) in [7, 11) is 0. The van der Waals surface area contributed by atoms with Crippen molar-refractivity contribution < 1.29 is 0 Å². The van der Waals surface area contributed by atoms with Gasteiger partial charge in [0, 0.05) is 27.3 Å². The molecule has 8 aromatic carbocycles. The van der Waals surface area contributed by atoms with E-state index in [1.54, 1.807) is 0 Å². The van der Waals surface area contributed by atoms with E-state index in [2.05, 4.69) is 208 Å². The van der Waals surface area contributed by atoms with Crippen LogP contribution < -0.4 is 0 Å². The van der Waals surface area contributed by atoms with Crippen LogP contribution in [0.5, 0.6) is 0 Å². The first kappa shape index (κ1) is 32.0. The van der Waals surface area contributed by atoms with Gasteiger partial charge in [0.05, 0.1) is 11.0 Å². The summed E-state index contributed by atoms with van der Waals surface area (Å²) >= 11 is 0. The van der Waals surface area contributed by atoms with Gasteiger partial charge in [-0.2, -0.15) is 0 Å². The van der Waals surface area contributed by atoms with Crippen molar-refractivity contribution in [2.24, 2.45) is 0 Å². The van der Waals surface area contributed by atoms with E-state index in [1.165, 1.54) is 105 Å². The van der Waals surface area contributed by atoms with Crippen molar-refractivity contribution in [3.05, 3.63) is 198 Å². The van der Waals surface area contributed by atoms with Crippen LogP contribution in [0.2, 0.25) is 0 Å². The maximum Gasteiger partial charge on any atom is 0.0544 e. The summed E-state index contributed by atoms with van der Waals surface area (Å²) in [5.74, 6) is 0. The monoisotopic (exact) mass is 703 g/mol. The predicted octanol–water partition coefficient (Wildman–Crippen LogP) is 14.4. The molecule has 0 unspecified atom stereocenters. The van der Waals surface area contributed by atoms with Crippen molar-refractivity contribution in [3.8, 4) is 61.3 Å². The molecular weight excluding hydrogens is 663 g/mol. The Morgan fingerprint density at radius 2 is 0.691 bits per heavy atom. The van der Waals surface area contributed by atoms with Crippen molar-refractivity contribution >= 4 is 21.8 Å². The molecule has 0 bridgehead atoms. The van der Waals surface area contributed by atoms with Crippen molar-refractivity contribution in [2.45, 2.75) is 38.5 Å². The van der Waals surface area contributed by atoms with Crippen LogP contribution in [0.1, 0.15) is 49.9 Å². The second kappa shape index (κ2) is 11.5. The number of hydrogen-bond acceptors (Lipinski definition) is 0. The molecule has 0 radical (unpaired) electrons. The van der Waals surface area contributed by atoms with Crippen molar-refractivity contribution in [1.82, 2.24) is 4.57 Å². The van der Waals surface area contributed by atoms with E-state index in [4.69, 9.17) is 0 Å². The van der Waals surface area contributed by atoms with E-state index in [1.807, 2.05) is 0 Å². The predicted molar refractivity (Wildman–Crippen MR) is 232 cm³/mol. The average Bonchev–Trinajstić information content (AvgIpc) is 3.76. The molecular formula is C54H41N. The lowest BCUT2D eigenvalue weighted by Crippen LogP contribution is -2.15. The van der Waals surface area contributed by atoms with Crippen molar-refractivity contribution in [1.29, 1.82) is 0 Å². The van der Waals surface area contributed by atoms with Crippen LogP contribution in [0.4, 0.5) is 0 Å². The Morgan fingerprint density at radius 3 is 1.13 bits per heavy atom. The van der Waals surface area contributed by atoms with Gasteiger partial charge in [0.2, 0.25) is 0 Å². The maximum atomic E-state index is 2.53. The SMILES string of the molecule is CC1(C)c2ccccc2-c2cc3c4cc5c(cc4n(-c4ccc(-c6cc(-c7ccccc7)cc(-c7ccccc7)c6)cc4)c3cc21)C(C)(C)c1ccccc1-5. The molecule has 1 heteroatoms. The Hall–Kier alpha value is -6.44. The molecule has 0 spiro atoms. The fourth-order valence-electron chi connectivity index (χ4n) is 9.87. The molecule has 262 valence electrons. The minimum Gasteiger partial charge on any atom is -0.309 e. The number of rotatable bonds is 4. The average molecular weight is 704 g/mol. The highest BCUT2D eigenvalue weighted by Crippen LogP contribution is 2.54. The Bertz CT molecular complexity index is 2820. The summed E-state index contributed by atoms with van der Waals surface area (Å²) < 4.78 is 2.53. The Morgan fingerprint density at radius 1 is 0.309 bits per heavy atom. The van der Waals surface area contributed by atoms with E-state index in [0.717, 1.165) is 0 Å². The van der Waals surface area contributed by atoms with Crippen LogP contribution >= 0.6 is 0 Å². The van der Waals surface area contributed by atoms with Gasteiger partial charge in [-0.05, 0) is 132 Å². The second-order valence-electron chi connectivity index (χ2n) is 16.6. The smallest absolute Gasteiger partial charge is 0.0544 e. The van der Waals surface area contributed by atoms with E-state index in [-0.39, 0.29) is 10.8 Å². The highest BCUT2D eigenvalue weighted by molar-refractivity contribution is 6.13. The van der Waals surface area contributed by atoms with Crippen LogP contribution in [-0.2, 0) is 10.8 Å². The summed E-state index contributed by atoms with van der Waals surface area (Å²) in [6, 6.07) is 65.7. The third-order valence-corrected chi connectivity index (χ3v) is 12.8. The highest BCUT2D eigenvalue weighted by atomic mass is 15.0.